The van der Waals surface area contributed by atoms with Gasteiger partial charge in [0.2, 0.25) is 5.89 Å². The molecule has 124 valence electrons. The maximum Gasteiger partial charge on any atom is 0.231 e. The number of rotatable bonds is 5. The van der Waals surface area contributed by atoms with Crippen LogP contribution in [0.1, 0.15) is 53.3 Å². The van der Waals surface area contributed by atoms with Crippen LogP contribution in [0, 0.1) is 19.8 Å². The Bertz CT molecular complexity index is 671. The van der Waals surface area contributed by atoms with Crippen LogP contribution in [-0.2, 0) is 6.54 Å². The second-order valence-electron chi connectivity index (χ2n) is 6.92. The molecule has 2 N–H and O–H groups in total. The van der Waals surface area contributed by atoms with E-state index in [0.717, 1.165) is 49.7 Å². The third-order valence-corrected chi connectivity index (χ3v) is 5.13. The van der Waals surface area contributed by atoms with Gasteiger partial charge in [0.05, 0.1) is 11.6 Å². The summed E-state index contributed by atoms with van der Waals surface area (Å²) in [6.07, 6.45) is 2.33. The van der Waals surface area contributed by atoms with Gasteiger partial charge in [-0.05, 0) is 26.7 Å². The zero-order valence-corrected chi connectivity index (χ0v) is 13.6. The SMILES string of the molecule is Cc1n[nH]c(C)c1CN1C[C@@H](CO)[C@H](c2nc(C3CC3)no2)C1. The third-order valence-electron chi connectivity index (χ3n) is 5.13. The summed E-state index contributed by atoms with van der Waals surface area (Å²) in [5.74, 6) is 2.29. The highest BCUT2D eigenvalue weighted by atomic mass is 16.5. The molecule has 23 heavy (non-hydrogen) atoms. The maximum atomic E-state index is 9.74. The Hall–Kier alpha value is -1.73. The van der Waals surface area contributed by atoms with Gasteiger partial charge in [0.25, 0.3) is 0 Å². The van der Waals surface area contributed by atoms with E-state index in [9.17, 15) is 5.11 Å². The number of nitrogens with one attached hydrogen (secondary N) is 1. The van der Waals surface area contributed by atoms with Crippen LogP contribution in [0.15, 0.2) is 4.52 Å². The minimum Gasteiger partial charge on any atom is -0.396 e. The monoisotopic (exact) mass is 317 g/mol. The van der Waals surface area contributed by atoms with Gasteiger partial charge in [-0.1, -0.05) is 5.16 Å². The summed E-state index contributed by atoms with van der Waals surface area (Å²) in [6, 6.07) is 0. The first-order chi connectivity index (χ1) is 11.2. The van der Waals surface area contributed by atoms with Crippen LogP contribution in [0.2, 0.25) is 0 Å². The Morgan fingerprint density at radius 3 is 2.78 bits per heavy atom. The van der Waals surface area contributed by atoms with Crippen LogP contribution in [0.5, 0.6) is 0 Å². The van der Waals surface area contributed by atoms with E-state index in [1.54, 1.807) is 0 Å². The Morgan fingerprint density at radius 1 is 1.30 bits per heavy atom. The molecule has 4 rings (SSSR count). The molecule has 1 aliphatic heterocycles. The summed E-state index contributed by atoms with van der Waals surface area (Å²) < 4.78 is 5.50. The first kappa shape index (κ1) is 14.8. The minimum absolute atomic E-state index is 0.118. The van der Waals surface area contributed by atoms with Crippen LogP contribution in [-0.4, -0.2) is 50.0 Å². The van der Waals surface area contributed by atoms with Crippen molar-refractivity contribution >= 4 is 0 Å². The first-order valence-electron chi connectivity index (χ1n) is 8.33. The molecule has 7 nitrogen and oxygen atoms in total. The minimum atomic E-state index is 0.118. The van der Waals surface area contributed by atoms with E-state index in [4.69, 9.17) is 4.52 Å². The zero-order chi connectivity index (χ0) is 16.0. The number of aryl methyl sites for hydroxylation is 2. The lowest BCUT2D eigenvalue weighted by Crippen LogP contribution is -2.21. The van der Waals surface area contributed by atoms with Gasteiger partial charge >= 0.3 is 0 Å². The summed E-state index contributed by atoms with van der Waals surface area (Å²) in [5, 5.41) is 21.2. The van der Waals surface area contributed by atoms with Gasteiger partial charge < -0.3 is 9.63 Å². The number of aliphatic hydroxyl groups excluding tert-OH is 1. The number of nitrogens with zero attached hydrogens (tertiary/aromatic N) is 4. The molecule has 1 saturated heterocycles. The van der Waals surface area contributed by atoms with E-state index in [1.807, 2.05) is 13.8 Å². The van der Waals surface area contributed by atoms with Gasteiger partial charge in [-0.25, -0.2) is 0 Å². The average molecular weight is 317 g/mol. The highest BCUT2D eigenvalue weighted by Gasteiger charge is 2.38. The van der Waals surface area contributed by atoms with E-state index >= 15 is 0 Å². The molecule has 7 heteroatoms. The number of aromatic amines is 1. The van der Waals surface area contributed by atoms with Crippen LogP contribution in [0.3, 0.4) is 0 Å². The van der Waals surface area contributed by atoms with Crippen molar-refractivity contribution < 1.29 is 9.63 Å². The molecule has 1 saturated carbocycles. The van der Waals surface area contributed by atoms with E-state index in [1.165, 1.54) is 5.56 Å². The first-order valence-corrected chi connectivity index (χ1v) is 8.33. The second kappa shape index (κ2) is 5.72. The quantitative estimate of drug-likeness (QED) is 0.868. The van der Waals surface area contributed by atoms with Gasteiger partial charge in [-0.3, -0.25) is 10.00 Å². The summed E-state index contributed by atoms with van der Waals surface area (Å²) in [7, 11) is 0. The standard InChI is InChI=1S/C16H23N5O2/c1-9-13(10(2)19-18-9)6-21-5-12(8-22)14(7-21)16-17-15(20-23-16)11-3-4-11/h11-12,14,22H,3-8H2,1-2H3,(H,18,19)/t12-,14+/m0/s1. The summed E-state index contributed by atoms with van der Waals surface area (Å²) in [5.41, 5.74) is 3.40. The van der Waals surface area contributed by atoms with Crippen molar-refractivity contribution in [1.29, 1.82) is 0 Å². The van der Waals surface area contributed by atoms with Crippen molar-refractivity contribution in [1.82, 2.24) is 25.2 Å². The lowest BCUT2D eigenvalue weighted by molar-refractivity contribution is 0.204. The predicted octanol–water partition coefficient (Wildman–Crippen LogP) is 1.49. The number of aromatic nitrogens is 4. The number of hydrogen-bond donors (Lipinski definition) is 2. The van der Waals surface area contributed by atoms with Crippen molar-refractivity contribution in [3.8, 4) is 0 Å². The fourth-order valence-corrected chi connectivity index (χ4v) is 3.49. The lowest BCUT2D eigenvalue weighted by atomic mass is 9.97. The van der Waals surface area contributed by atoms with Crippen molar-refractivity contribution in [2.75, 3.05) is 19.7 Å². The Labute approximate surface area is 135 Å². The molecular formula is C16H23N5O2. The number of aliphatic hydroxyl groups is 1. The van der Waals surface area contributed by atoms with Gasteiger partial charge in [0.15, 0.2) is 5.82 Å². The van der Waals surface area contributed by atoms with E-state index in [2.05, 4.69) is 25.2 Å². The molecule has 2 atom stereocenters. The van der Waals surface area contributed by atoms with Crippen LogP contribution < -0.4 is 0 Å². The van der Waals surface area contributed by atoms with Crippen LogP contribution in [0.4, 0.5) is 0 Å². The van der Waals surface area contributed by atoms with E-state index < -0.39 is 0 Å². The molecule has 0 unspecified atom stereocenters. The Balaban J connectivity index is 1.49. The normalized spacial score (nSPS) is 25.3. The summed E-state index contributed by atoms with van der Waals surface area (Å²) >= 11 is 0. The number of likely N-dealkylation sites (tertiary alicyclic amines) is 1. The maximum absolute atomic E-state index is 9.74. The molecule has 0 amide bonds. The highest BCUT2D eigenvalue weighted by molar-refractivity contribution is 5.23. The predicted molar refractivity (Wildman–Crippen MR) is 82.9 cm³/mol. The van der Waals surface area contributed by atoms with Gasteiger partial charge in [-0.15, -0.1) is 0 Å². The largest absolute Gasteiger partial charge is 0.396 e. The summed E-state index contributed by atoms with van der Waals surface area (Å²) in [6.45, 7) is 6.73. The third kappa shape index (κ3) is 2.79. The van der Waals surface area contributed by atoms with Gasteiger partial charge in [0, 0.05) is 49.3 Å². The van der Waals surface area contributed by atoms with Crippen molar-refractivity contribution in [3.05, 3.63) is 28.7 Å². The number of H-pyrrole nitrogens is 1. The molecule has 1 aliphatic carbocycles. The topological polar surface area (TPSA) is 91.1 Å². The molecule has 2 aliphatic rings. The molecule has 2 fully saturated rings. The van der Waals surface area contributed by atoms with Crippen molar-refractivity contribution in [3.63, 3.8) is 0 Å². The fourth-order valence-electron chi connectivity index (χ4n) is 3.49. The van der Waals surface area contributed by atoms with Gasteiger partial charge in [-0.2, -0.15) is 10.1 Å². The highest BCUT2D eigenvalue weighted by Crippen LogP contribution is 2.40. The molecule has 0 aromatic carbocycles. The van der Waals surface area contributed by atoms with E-state index in [-0.39, 0.29) is 18.4 Å². The van der Waals surface area contributed by atoms with Crippen LogP contribution in [0.25, 0.3) is 0 Å². The second-order valence-corrected chi connectivity index (χ2v) is 6.92. The molecular weight excluding hydrogens is 294 g/mol. The molecule has 0 radical (unpaired) electrons. The van der Waals surface area contributed by atoms with Gasteiger partial charge in [0.1, 0.15) is 0 Å². The van der Waals surface area contributed by atoms with E-state index in [0.29, 0.717) is 11.8 Å². The summed E-state index contributed by atoms with van der Waals surface area (Å²) in [4.78, 5) is 6.93. The number of hydrogen-bond acceptors (Lipinski definition) is 6. The molecule has 0 spiro atoms. The average Bonchev–Trinajstić information content (AvgIpc) is 3.02. The van der Waals surface area contributed by atoms with Crippen molar-refractivity contribution in [2.45, 2.75) is 45.1 Å². The van der Waals surface area contributed by atoms with Crippen LogP contribution >= 0.6 is 0 Å². The smallest absolute Gasteiger partial charge is 0.231 e. The molecule has 2 aromatic heterocycles. The Morgan fingerprint density at radius 2 is 2.13 bits per heavy atom. The fraction of sp³-hybridized carbons (Fsp3) is 0.688. The lowest BCUT2D eigenvalue weighted by Gasteiger charge is -2.15. The Kier molecular flexibility index (Phi) is 3.69. The van der Waals surface area contributed by atoms with Crippen molar-refractivity contribution in [2.24, 2.45) is 5.92 Å². The molecule has 2 aromatic rings. The molecule has 0 bridgehead atoms. The molecule has 3 heterocycles. The zero-order valence-electron chi connectivity index (χ0n) is 13.6.